The lowest BCUT2D eigenvalue weighted by molar-refractivity contribution is 0.117. The molecular formula is C19H22N2O. The average Bonchev–Trinajstić information content (AvgIpc) is 2.58. The van der Waals surface area contributed by atoms with Gasteiger partial charge in [0.25, 0.3) is 0 Å². The molecule has 1 N–H and O–H groups in total. The fourth-order valence-corrected chi connectivity index (χ4v) is 2.20. The summed E-state index contributed by atoms with van der Waals surface area (Å²) in [4.78, 5) is 0. The molecule has 2 aromatic carbocycles. The second kappa shape index (κ2) is 9.73. The van der Waals surface area contributed by atoms with Gasteiger partial charge in [-0.3, -0.25) is 0 Å². The van der Waals surface area contributed by atoms with E-state index < -0.39 is 0 Å². The first kappa shape index (κ1) is 16.2. The van der Waals surface area contributed by atoms with Gasteiger partial charge in [-0.25, -0.2) is 0 Å². The summed E-state index contributed by atoms with van der Waals surface area (Å²) in [6.45, 7) is 3.25. The van der Waals surface area contributed by atoms with Crippen molar-refractivity contribution in [3.05, 3.63) is 71.3 Å². The summed E-state index contributed by atoms with van der Waals surface area (Å²) in [6, 6.07) is 20.1. The van der Waals surface area contributed by atoms with Gasteiger partial charge in [-0.05, 0) is 42.6 Å². The maximum atomic E-state index is 8.85. The van der Waals surface area contributed by atoms with E-state index >= 15 is 0 Å². The fraction of sp³-hybridized carbons (Fsp3) is 0.316. The van der Waals surface area contributed by atoms with Crippen molar-refractivity contribution in [1.29, 1.82) is 5.26 Å². The summed E-state index contributed by atoms with van der Waals surface area (Å²) < 4.78 is 5.65. The largest absolute Gasteiger partial charge is 0.377 e. The Labute approximate surface area is 132 Å². The molecule has 0 aliphatic heterocycles. The Bertz CT molecular complexity index is 590. The van der Waals surface area contributed by atoms with E-state index in [-0.39, 0.29) is 0 Å². The number of hydrogen-bond acceptors (Lipinski definition) is 3. The van der Waals surface area contributed by atoms with Crippen LogP contribution in [-0.2, 0) is 17.9 Å². The van der Waals surface area contributed by atoms with E-state index in [2.05, 4.69) is 23.5 Å². The summed E-state index contributed by atoms with van der Waals surface area (Å²) in [6.07, 6.45) is 2.14. The second-order valence-corrected chi connectivity index (χ2v) is 5.23. The molecule has 114 valence electrons. The average molecular weight is 294 g/mol. The van der Waals surface area contributed by atoms with Crippen LogP contribution in [0.3, 0.4) is 0 Å². The molecule has 0 unspecified atom stereocenters. The Balaban J connectivity index is 1.50. The van der Waals surface area contributed by atoms with E-state index in [1.54, 1.807) is 0 Å². The van der Waals surface area contributed by atoms with Gasteiger partial charge in [-0.1, -0.05) is 42.5 Å². The van der Waals surface area contributed by atoms with Crippen LogP contribution in [0.4, 0.5) is 0 Å². The van der Waals surface area contributed by atoms with E-state index in [0.29, 0.717) is 12.2 Å². The van der Waals surface area contributed by atoms with Crippen LogP contribution in [0, 0.1) is 11.3 Å². The molecule has 0 amide bonds. The highest BCUT2D eigenvalue weighted by Gasteiger charge is 1.96. The molecule has 0 fully saturated rings. The second-order valence-electron chi connectivity index (χ2n) is 5.23. The van der Waals surface area contributed by atoms with Gasteiger partial charge in [-0.15, -0.1) is 0 Å². The third-order valence-corrected chi connectivity index (χ3v) is 3.39. The first-order chi connectivity index (χ1) is 10.9. The molecule has 0 spiro atoms. The Hall–Kier alpha value is -2.15. The monoisotopic (exact) mass is 294 g/mol. The lowest BCUT2D eigenvalue weighted by Gasteiger charge is -2.06. The van der Waals surface area contributed by atoms with Crippen molar-refractivity contribution in [3.8, 4) is 6.07 Å². The summed E-state index contributed by atoms with van der Waals surface area (Å²) in [7, 11) is 0. The summed E-state index contributed by atoms with van der Waals surface area (Å²) in [5, 5.41) is 12.2. The number of nitrogens with zero attached hydrogens (tertiary/aromatic N) is 1. The summed E-state index contributed by atoms with van der Waals surface area (Å²) in [5.41, 5.74) is 3.09. The van der Waals surface area contributed by atoms with E-state index in [9.17, 15) is 0 Å². The van der Waals surface area contributed by atoms with Crippen molar-refractivity contribution in [2.45, 2.75) is 26.0 Å². The zero-order valence-electron chi connectivity index (χ0n) is 12.8. The number of nitrogens with one attached hydrogen (secondary N) is 1. The normalized spacial score (nSPS) is 10.3. The highest BCUT2D eigenvalue weighted by atomic mass is 16.5. The third kappa shape index (κ3) is 6.09. The highest BCUT2D eigenvalue weighted by molar-refractivity contribution is 5.32. The molecule has 22 heavy (non-hydrogen) atoms. The topological polar surface area (TPSA) is 45.0 Å². The molecule has 0 atom stereocenters. The highest BCUT2D eigenvalue weighted by Crippen LogP contribution is 2.04. The van der Waals surface area contributed by atoms with E-state index in [1.165, 1.54) is 5.56 Å². The van der Waals surface area contributed by atoms with Crippen LogP contribution in [0.5, 0.6) is 0 Å². The van der Waals surface area contributed by atoms with Crippen LogP contribution in [-0.4, -0.2) is 13.2 Å². The lowest BCUT2D eigenvalue weighted by Crippen LogP contribution is -2.15. The van der Waals surface area contributed by atoms with E-state index in [1.807, 2.05) is 42.5 Å². The quantitative estimate of drug-likeness (QED) is 0.718. The van der Waals surface area contributed by atoms with Crippen molar-refractivity contribution in [3.63, 3.8) is 0 Å². The van der Waals surface area contributed by atoms with Gasteiger partial charge in [0, 0.05) is 13.2 Å². The molecule has 0 aliphatic rings. The van der Waals surface area contributed by atoms with E-state index in [4.69, 9.17) is 10.00 Å². The minimum atomic E-state index is 0.690. The first-order valence-electron chi connectivity index (χ1n) is 7.70. The van der Waals surface area contributed by atoms with Gasteiger partial charge >= 0.3 is 0 Å². The first-order valence-corrected chi connectivity index (χ1v) is 7.70. The van der Waals surface area contributed by atoms with Crippen molar-refractivity contribution in [2.24, 2.45) is 0 Å². The molecule has 3 heteroatoms. The molecule has 0 aromatic heterocycles. The molecule has 0 heterocycles. The number of benzene rings is 2. The van der Waals surface area contributed by atoms with Crippen molar-refractivity contribution in [1.82, 2.24) is 5.32 Å². The number of rotatable bonds is 9. The third-order valence-electron chi connectivity index (χ3n) is 3.39. The smallest absolute Gasteiger partial charge is 0.0991 e. The Kier molecular flexibility index (Phi) is 7.17. The van der Waals surface area contributed by atoms with Crippen molar-refractivity contribution < 1.29 is 4.74 Å². The predicted molar refractivity (Wildman–Crippen MR) is 88.2 cm³/mol. The molecule has 2 rings (SSSR count). The maximum absolute atomic E-state index is 8.85. The van der Waals surface area contributed by atoms with Gasteiger partial charge in [0.2, 0.25) is 0 Å². The molecule has 2 aromatic rings. The Morgan fingerprint density at radius 3 is 2.59 bits per heavy atom. The lowest BCUT2D eigenvalue weighted by atomic mass is 10.1. The predicted octanol–water partition coefficient (Wildman–Crippen LogP) is 3.64. The maximum Gasteiger partial charge on any atom is 0.0991 e. The van der Waals surface area contributed by atoms with E-state index in [0.717, 1.165) is 38.1 Å². The fourth-order valence-electron chi connectivity index (χ4n) is 2.20. The van der Waals surface area contributed by atoms with Crippen LogP contribution >= 0.6 is 0 Å². The molecule has 0 bridgehead atoms. The SMILES string of the molecule is N#Cc1cccc(CNCCCCOCc2ccccc2)c1. The zero-order valence-corrected chi connectivity index (χ0v) is 12.8. The van der Waals surface area contributed by atoms with Gasteiger partial charge in [-0.2, -0.15) is 5.26 Å². The molecule has 3 nitrogen and oxygen atoms in total. The van der Waals surface area contributed by atoms with Crippen molar-refractivity contribution in [2.75, 3.05) is 13.2 Å². The minimum absolute atomic E-state index is 0.690. The van der Waals surface area contributed by atoms with Gasteiger partial charge in [0.1, 0.15) is 0 Å². The minimum Gasteiger partial charge on any atom is -0.377 e. The summed E-state index contributed by atoms with van der Waals surface area (Å²) in [5.74, 6) is 0. The molecule has 0 saturated heterocycles. The van der Waals surface area contributed by atoms with Crippen LogP contribution in [0.25, 0.3) is 0 Å². The Morgan fingerprint density at radius 1 is 0.955 bits per heavy atom. The van der Waals surface area contributed by atoms with Crippen LogP contribution in [0.2, 0.25) is 0 Å². The summed E-state index contributed by atoms with van der Waals surface area (Å²) >= 11 is 0. The molecule has 0 radical (unpaired) electrons. The van der Waals surface area contributed by atoms with Gasteiger partial charge in [0.05, 0.1) is 18.2 Å². The molecule has 0 aliphatic carbocycles. The number of ether oxygens (including phenoxy) is 1. The zero-order chi connectivity index (χ0) is 15.5. The number of nitriles is 1. The number of unbranched alkanes of at least 4 members (excludes halogenated alkanes) is 1. The molecule has 0 saturated carbocycles. The van der Waals surface area contributed by atoms with Crippen LogP contribution < -0.4 is 5.32 Å². The molecular weight excluding hydrogens is 272 g/mol. The van der Waals surface area contributed by atoms with Gasteiger partial charge in [0.15, 0.2) is 0 Å². The van der Waals surface area contributed by atoms with Crippen LogP contribution in [0.1, 0.15) is 29.5 Å². The van der Waals surface area contributed by atoms with Crippen molar-refractivity contribution >= 4 is 0 Å². The Morgan fingerprint density at radius 2 is 1.77 bits per heavy atom. The number of hydrogen-bond donors (Lipinski definition) is 1. The van der Waals surface area contributed by atoms with Crippen LogP contribution in [0.15, 0.2) is 54.6 Å². The standard InChI is InChI=1S/C19H22N2O/c20-14-18-9-6-10-19(13-18)15-21-11-4-5-12-22-16-17-7-2-1-3-8-17/h1-3,6-10,13,21H,4-5,11-12,15-16H2. The van der Waals surface area contributed by atoms with Gasteiger partial charge < -0.3 is 10.1 Å².